The van der Waals surface area contributed by atoms with Gasteiger partial charge in [-0.3, -0.25) is 4.98 Å². The zero-order valence-electron chi connectivity index (χ0n) is 13.8. The Hall–Kier alpha value is -2.77. The van der Waals surface area contributed by atoms with Gasteiger partial charge in [0.25, 0.3) is 0 Å². The van der Waals surface area contributed by atoms with E-state index in [0.717, 1.165) is 33.3 Å². The van der Waals surface area contributed by atoms with E-state index in [1.807, 2.05) is 18.2 Å². The lowest BCUT2D eigenvalue weighted by Gasteiger charge is -2.13. The number of aliphatic hydroxyl groups excluding tert-OH is 1. The number of pyridine rings is 1. The smallest absolute Gasteiger partial charge is 0.146 e. The van der Waals surface area contributed by atoms with E-state index in [1.54, 1.807) is 32.2 Å². The molecule has 0 aliphatic heterocycles. The van der Waals surface area contributed by atoms with Crippen LogP contribution in [0.5, 0.6) is 0 Å². The molecule has 1 atom stereocenters. The maximum absolute atomic E-state index is 9.37. The lowest BCUT2D eigenvalue weighted by atomic mass is 10.1. The lowest BCUT2D eigenvalue weighted by molar-refractivity contribution is 0.0407. The first-order valence-corrected chi connectivity index (χ1v) is 8.07. The summed E-state index contributed by atoms with van der Waals surface area (Å²) in [5, 5.41) is 10.3. The highest BCUT2D eigenvalue weighted by atomic mass is 16.5. The number of methoxy groups -OCH3 is 1. The van der Waals surface area contributed by atoms with Crippen molar-refractivity contribution in [3.63, 3.8) is 0 Å². The van der Waals surface area contributed by atoms with Crippen LogP contribution < -0.4 is 0 Å². The Morgan fingerprint density at radius 1 is 1.28 bits per heavy atom. The average molecular weight is 338 g/mol. The molecule has 1 unspecified atom stereocenters. The summed E-state index contributed by atoms with van der Waals surface area (Å²) in [5.74, 6) is 0. The molecular weight excluding hydrogens is 320 g/mol. The van der Waals surface area contributed by atoms with Gasteiger partial charge < -0.3 is 18.8 Å². The van der Waals surface area contributed by atoms with Crippen molar-refractivity contribution in [2.45, 2.75) is 19.1 Å². The van der Waals surface area contributed by atoms with Gasteiger partial charge in [0.2, 0.25) is 0 Å². The van der Waals surface area contributed by atoms with Gasteiger partial charge >= 0.3 is 0 Å². The van der Waals surface area contributed by atoms with Gasteiger partial charge in [0.05, 0.1) is 47.4 Å². The monoisotopic (exact) mass is 338 g/mol. The maximum atomic E-state index is 9.37. The number of aromatic nitrogens is 4. The highest BCUT2D eigenvalue weighted by molar-refractivity contribution is 6.10. The second-order valence-corrected chi connectivity index (χ2v) is 5.78. The molecule has 0 saturated carbocycles. The normalized spacial score (nSPS) is 12.9. The van der Waals surface area contributed by atoms with Crippen LogP contribution in [0.1, 0.15) is 6.42 Å². The third kappa shape index (κ3) is 2.67. The Kier molecular flexibility index (Phi) is 4.17. The van der Waals surface area contributed by atoms with Crippen LogP contribution in [0.25, 0.3) is 33.3 Å². The summed E-state index contributed by atoms with van der Waals surface area (Å²) in [6.45, 7) is 0.647. The van der Waals surface area contributed by atoms with Crippen molar-refractivity contribution in [3.8, 4) is 11.3 Å². The van der Waals surface area contributed by atoms with Crippen LogP contribution in [0.3, 0.4) is 0 Å². The van der Waals surface area contributed by atoms with E-state index >= 15 is 0 Å². The second kappa shape index (κ2) is 6.62. The largest absolute Gasteiger partial charge is 0.472 e. The molecule has 7 nitrogen and oxygen atoms in total. The standard InChI is InChI=1S/C18H18N4O3/c1-24-13(9-23)4-7-22-14-3-2-6-19-17(14)15-16(12-5-8-25-10-12)20-11-21-18(15)22/h2-3,5-6,8,10-11,13,23H,4,7,9H2,1H3. The van der Waals surface area contributed by atoms with E-state index < -0.39 is 0 Å². The Bertz CT molecular complexity index is 990. The third-order valence-corrected chi connectivity index (χ3v) is 4.40. The SMILES string of the molecule is COC(CO)CCn1c2cccnc2c2c(-c3ccoc3)ncnc21. The van der Waals surface area contributed by atoms with Crippen molar-refractivity contribution in [1.29, 1.82) is 0 Å². The van der Waals surface area contributed by atoms with Gasteiger partial charge in [0.1, 0.15) is 12.0 Å². The van der Waals surface area contributed by atoms with Gasteiger partial charge in [-0.05, 0) is 24.6 Å². The van der Waals surface area contributed by atoms with Crippen molar-refractivity contribution in [1.82, 2.24) is 19.5 Å². The number of hydrogen-bond donors (Lipinski definition) is 1. The van der Waals surface area contributed by atoms with Gasteiger partial charge in [-0.1, -0.05) is 0 Å². The summed E-state index contributed by atoms with van der Waals surface area (Å²) in [7, 11) is 1.60. The fourth-order valence-corrected chi connectivity index (χ4v) is 3.12. The van der Waals surface area contributed by atoms with Gasteiger partial charge in [-0.15, -0.1) is 0 Å². The number of rotatable bonds is 6. The highest BCUT2D eigenvalue weighted by Gasteiger charge is 2.19. The molecule has 0 aliphatic rings. The van der Waals surface area contributed by atoms with E-state index in [0.29, 0.717) is 13.0 Å². The van der Waals surface area contributed by atoms with Crippen LogP contribution in [0.2, 0.25) is 0 Å². The molecule has 4 aromatic heterocycles. The van der Waals surface area contributed by atoms with Crippen molar-refractivity contribution < 1.29 is 14.3 Å². The van der Waals surface area contributed by atoms with Gasteiger partial charge in [0.15, 0.2) is 0 Å². The Balaban J connectivity index is 1.91. The number of hydrogen-bond acceptors (Lipinski definition) is 6. The molecule has 0 amide bonds. The van der Waals surface area contributed by atoms with Crippen molar-refractivity contribution in [3.05, 3.63) is 43.2 Å². The molecule has 0 bridgehead atoms. The zero-order valence-corrected chi connectivity index (χ0v) is 13.8. The molecule has 0 aromatic carbocycles. The van der Waals surface area contributed by atoms with Crippen LogP contribution in [0, 0.1) is 0 Å². The first-order chi connectivity index (χ1) is 12.3. The summed E-state index contributed by atoms with van der Waals surface area (Å²) >= 11 is 0. The first-order valence-electron chi connectivity index (χ1n) is 8.07. The number of nitrogens with zero attached hydrogens (tertiary/aromatic N) is 4. The molecule has 0 radical (unpaired) electrons. The van der Waals surface area contributed by atoms with Crippen LogP contribution in [-0.4, -0.2) is 44.4 Å². The van der Waals surface area contributed by atoms with Crippen molar-refractivity contribution >= 4 is 22.1 Å². The Labute approximate surface area is 143 Å². The van der Waals surface area contributed by atoms with Crippen molar-refractivity contribution in [2.24, 2.45) is 0 Å². The minimum Gasteiger partial charge on any atom is -0.472 e. The Morgan fingerprint density at radius 3 is 2.96 bits per heavy atom. The average Bonchev–Trinajstić information content (AvgIpc) is 3.29. The number of furan rings is 1. The molecule has 7 heteroatoms. The van der Waals surface area contributed by atoms with Gasteiger partial charge in [-0.2, -0.15) is 0 Å². The van der Waals surface area contributed by atoms with E-state index in [9.17, 15) is 5.11 Å². The van der Waals surface area contributed by atoms with Crippen LogP contribution >= 0.6 is 0 Å². The molecule has 0 saturated heterocycles. The summed E-state index contributed by atoms with van der Waals surface area (Å²) in [6.07, 6.45) is 7.08. The van der Waals surface area contributed by atoms with E-state index in [1.165, 1.54) is 0 Å². The van der Waals surface area contributed by atoms with Crippen LogP contribution in [0.15, 0.2) is 47.7 Å². The van der Waals surface area contributed by atoms with E-state index in [4.69, 9.17) is 9.15 Å². The molecule has 1 N–H and O–H groups in total. The third-order valence-electron chi connectivity index (χ3n) is 4.40. The summed E-state index contributed by atoms with van der Waals surface area (Å²) in [5.41, 5.74) is 4.34. The first kappa shape index (κ1) is 15.7. The number of ether oxygens (including phenoxy) is 1. The molecule has 128 valence electrons. The van der Waals surface area contributed by atoms with Crippen LogP contribution in [0.4, 0.5) is 0 Å². The quantitative estimate of drug-likeness (QED) is 0.582. The summed E-state index contributed by atoms with van der Waals surface area (Å²) in [4.78, 5) is 13.5. The van der Waals surface area contributed by atoms with E-state index in [2.05, 4.69) is 19.5 Å². The lowest BCUT2D eigenvalue weighted by Crippen LogP contribution is -2.18. The minimum atomic E-state index is -0.209. The number of aryl methyl sites for hydroxylation is 1. The van der Waals surface area contributed by atoms with E-state index in [-0.39, 0.29) is 12.7 Å². The fraction of sp³-hybridized carbons (Fsp3) is 0.278. The molecule has 0 aliphatic carbocycles. The summed E-state index contributed by atoms with van der Waals surface area (Å²) in [6, 6.07) is 5.80. The molecular formula is C18H18N4O3. The minimum absolute atomic E-state index is 0.0128. The molecule has 25 heavy (non-hydrogen) atoms. The van der Waals surface area contributed by atoms with Crippen LogP contribution in [-0.2, 0) is 11.3 Å². The topological polar surface area (TPSA) is 86.2 Å². The highest BCUT2D eigenvalue weighted by Crippen LogP contribution is 2.33. The van der Waals surface area contributed by atoms with Gasteiger partial charge in [-0.25, -0.2) is 9.97 Å². The summed E-state index contributed by atoms with van der Waals surface area (Å²) < 4.78 is 12.6. The zero-order chi connectivity index (χ0) is 17.2. The molecule has 0 fully saturated rings. The fourth-order valence-electron chi connectivity index (χ4n) is 3.12. The molecule has 4 rings (SSSR count). The number of aliphatic hydroxyl groups is 1. The molecule has 0 spiro atoms. The maximum Gasteiger partial charge on any atom is 0.146 e. The second-order valence-electron chi connectivity index (χ2n) is 5.78. The van der Waals surface area contributed by atoms with Gasteiger partial charge in [0, 0.05) is 25.4 Å². The molecule has 4 heterocycles. The predicted octanol–water partition coefficient (Wildman–Crippen LogP) is 2.64. The predicted molar refractivity (Wildman–Crippen MR) is 93.0 cm³/mol. The molecule has 4 aromatic rings. The number of fused-ring (bicyclic) bond motifs is 3. The van der Waals surface area contributed by atoms with Crippen molar-refractivity contribution in [2.75, 3.05) is 13.7 Å². The Morgan fingerprint density at radius 2 is 2.20 bits per heavy atom.